The predicted octanol–water partition coefficient (Wildman–Crippen LogP) is 5.06. The lowest BCUT2D eigenvalue weighted by molar-refractivity contribution is 1.25. The number of aromatic nitrogens is 2. The summed E-state index contributed by atoms with van der Waals surface area (Å²) in [5.41, 5.74) is 3.98. The lowest BCUT2D eigenvalue weighted by Gasteiger charge is -2.19. The van der Waals surface area contributed by atoms with Crippen molar-refractivity contribution in [1.29, 1.82) is 0 Å². The molecule has 4 nitrogen and oxygen atoms in total. The van der Waals surface area contributed by atoms with Gasteiger partial charge >= 0.3 is 0 Å². The van der Waals surface area contributed by atoms with E-state index in [4.69, 9.17) is 0 Å². The first-order valence-corrected chi connectivity index (χ1v) is 7.78. The molecule has 1 heterocycles. The summed E-state index contributed by atoms with van der Waals surface area (Å²) in [4.78, 5) is 14.3. The predicted molar refractivity (Wildman–Crippen MR) is 99.3 cm³/mol. The Morgan fingerprint density at radius 1 is 0.750 bits per heavy atom. The molecule has 0 saturated carbocycles. The average Bonchev–Trinajstić information content (AvgIpc) is 3.07. The molecule has 0 fully saturated rings. The third kappa shape index (κ3) is 2.90. The van der Waals surface area contributed by atoms with Gasteiger partial charge in [0.15, 0.2) is 0 Å². The molecule has 4 heteroatoms. The zero-order chi connectivity index (χ0) is 16.2. The van der Waals surface area contributed by atoms with Gasteiger partial charge in [0.25, 0.3) is 0 Å². The van der Waals surface area contributed by atoms with Crippen molar-refractivity contribution in [3.05, 3.63) is 84.9 Å². The lowest BCUT2D eigenvalue weighted by Crippen LogP contribution is -2.13. The number of fused-ring (bicyclic) bond motifs is 1. The second-order valence-corrected chi connectivity index (χ2v) is 5.36. The van der Waals surface area contributed by atoms with Crippen molar-refractivity contribution in [3.63, 3.8) is 0 Å². The monoisotopic (exact) mass is 312 g/mol. The van der Waals surface area contributed by atoms with Gasteiger partial charge in [-0.1, -0.05) is 48.5 Å². The molecular formula is C20H16N4. The van der Waals surface area contributed by atoms with Gasteiger partial charge in [0.2, 0.25) is 5.95 Å². The maximum Gasteiger partial charge on any atom is 0.229 e. The number of anilines is 2. The molecule has 0 unspecified atom stereocenters. The number of para-hydroxylation sites is 4. The first-order chi connectivity index (χ1) is 11.9. The summed E-state index contributed by atoms with van der Waals surface area (Å²) in [6.45, 7) is 0. The Morgan fingerprint density at radius 3 is 1.96 bits per heavy atom. The number of aliphatic imine (C=N–C) groups is 1. The molecule has 116 valence electrons. The van der Waals surface area contributed by atoms with Crippen LogP contribution in [0.5, 0.6) is 0 Å². The summed E-state index contributed by atoms with van der Waals surface area (Å²) in [7, 11) is 0. The van der Waals surface area contributed by atoms with Crippen molar-refractivity contribution >= 4 is 34.7 Å². The highest BCUT2D eigenvalue weighted by Crippen LogP contribution is 2.24. The molecule has 4 rings (SSSR count). The quantitative estimate of drug-likeness (QED) is 0.423. The maximum absolute atomic E-state index is 4.53. The first kappa shape index (κ1) is 14.2. The zero-order valence-corrected chi connectivity index (χ0v) is 13.0. The molecule has 0 atom stereocenters. The largest absolute Gasteiger partial charge is 0.322 e. The number of imidazole rings is 1. The van der Waals surface area contributed by atoms with Crippen molar-refractivity contribution in [1.82, 2.24) is 9.97 Å². The number of aromatic amines is 1. The van der Waals surface area contributed by atoms with E-state index in [1.807, 2.05) is 65.6 Å². The van der Waals surface area contributed by atoms with Crippen LogP contribution >= 0.6 is 0 Å². The van der Waals surface area contributed by atoms with Gasteiger partial charge in [-0.25, -0.2) is 9.98 Å². The number of H-pyrrole nitrogens is 1. The summed E-state index contributed by atoms with van der Waals surface area (Å²) in [6, 6.07) is 28.2. The van der Waals surface area contributed by atoms with Crippen LogP contribution in [0, 0.1) is 0 Å². The zero-order valence-electron chi connectivity index (χ0n) is 13.0. The molecule has 3 aromatic carbocycles. The van der Waals surface area contributed by atoms with Crippen molar-refractivity contribution in [2.75, 3.05) is 4.90 Å². The number of benzene rings is 3. The Balaban J connectivity index is 1.71. The Hall–Kier alpha value is -3.40. The summed E-state index contributed by atoms with van der Waals surface area (Å²) in [5.74, 6) is 0.591. The molecule has 0 saturated heterocycles. The Bertz CT molecular complexity index is 886. The van der Waals surface area contributed by atoms with Crippen LogP contribution in [0.25, 0.3) is 11.0 Å². The molecule has 1 N–H and O–H groups in total. The number of nitrogens with one attached hydrogen (secondary N) is 1. The minimum atomic E-state index is 0.591. The number of nitrogens with zero attached hydrogens (tertiary/aromatic N) is 3. The van der Waals surface area contributed by atoms with Gasteiger partial charge in [-0.05, 0) is 36.4 Å². The van der Waals surface area contributed by atoms with E-state index in [1.165, 1.54) is 0 Å². The van der Waals surface area contributed by atoms with E-state index in [0.717, 1.165) is 22.4 Å². The molecule has 0 aliphatic heterocycles. The molecule has 24 heavy (non-hydrogen) atoms. The van der Waals surface area contributed by atoms with Crippen LogP contribution in [0.4, 0.5) is 17.3 Å². The Morgan fingerprint density at radius 2 is 1.33 bits per heavy atom. The first-order valence-electron chi connectivity index (χ1n) is 7.78. The Kier molecular flexibility index (Phi) is 3.78. The molecule has 0 aliphatic rings. The molecular weight excluding hydrogens is 296 g/mol. The summed E-state index contributed by atoms with van der Waals surface area (Å²) in [6.07, 6.45) is 1.79. The van der Waals surface area contributed by atoms with Crippen molar-refractivity contribution in [2.45, 2.75) is 0 Å². The number of hydrogen-bond acceptors (Lipinski definition) is 2. The van der Waals surface area contributed by atoms with Gasteiger partial charge in [-0.2, -0.15) is 0 Å². The highest BCUT2D eigenvalue weighted by molar-refractivity contribution is 5.90. The fourth-order valence-electron chi connectivity index (χ4n) is 2.57. The van der Waals surface area contributed by atoms with Gasteiger partial charge in [0, 0.05) is 11.4 Å². The van der Waals surface area contributed by atoms with Gasteiger partial charge in [0.1, 0.15) is 6.34 Å². The van der Waals surface area contributed by atoms with Gasteiger partial charge in [-0.3, -0.25) is 0 Å². The van der Waals surface area contributed by atoms with Crippen molar-refractivity contribution < 1.29 is 0 Å². The average molecular weight is 312 g/mol. The van der Waals surface area contributed by atoms with Crippen LogP contribution in [0.15, 0.2) is 89.9 Å². The molecule has 1 aromatic heterocycles. The minimum Gasteiger partial charge on any atom is -0.322 e. The van der Waals surface area contributed by atoms with E-state index < -0.39 is 0 Å². The normalized spacial score (nSPS) is 11.2. The van der Waals surface area contributed by atoms with Crippen LogP contribution < -0.4 is 4.90 Å². The van der Waals surface area contributed by atoms with Gasteiger partial charge in [-0.15, -0.1) is 0 Å². The molecule has 0 amide bonds. The Labute approximate surface area is 140 Å². The van der Waals surface area contributed by atoms with Gasteiger partial charge < -0.3 is 9.88 Å². The molecule has 0 spiro atoms. The number of hydrogen-bond donors (Lipinski definition) is 1. The molecule has 0 radical (unpaired) electrons. The van der Waals surface area contributed by atoms with Crippen LogP contribution in [0.1, 0.15) is 0 Å². The maximum atomic E-state index is 4.53. The van der Waals surface area contributed by atoms with E-state index in [9.17, 15) is 0 Å². The van der Waals surface area contributed by atoms with E-state index >= 15 is 0 Å². The highest BCUT2D eigenvalue weighted by atomic mass is 15.2. The topological polar surface area (TPSA) is 44.3 Å². The van der Waals surface area contributed by atoms with Crippen LogP contribution in [0.3, 0.4) is 0 Å². The second kappa shape index (κ2) is 6.38. The molecule has 4 aromatic rings. The van der Waals surface area contributed by atoms with Crippen molar-refractivity contribution in [2.24, 2.45) is 4.99 Å². The number of rotatable bonds is 4. The fourth-order valence-corrected chi connectivity index (χ4v) is 2.57. The van der Waals surface area contributed by atoms with Crippen LogP contribution in [-0.2, 0) is 0 Å². The third-order valence-corrected chi connectivity index (χ3v) is 3.74. The second-order valence-electron chi connectivity index (χ2n) is 5.36. The fraction of sp³-hybridized carbons (Fsp3) is 0. The summed E-state index contributed by atoms with van der Waals surface area (Å²) < 4.78 is 0. The summed E-state index contributed by atoms with van der Waals surface area (Å²) >= 11 is 0. The SMILES string of the molecule is C(=Nc1nc2ccccc2[nH]1)N(c1ccccc1)c1ccccc1. The standard InChI is InChI=1S/C20H16N4/c1-3-9-16(10-4-1)24(17-11-5-2-6-12-17)15-21-20-22-18-13-7-8-14-19(18)23-20/h1-15H,(H,22,23). The molecule has 0 aliphatic carbocycles. The van der Waals surface area contributed by atoms with E-state index in [1.54, 1.807) is 6.34 Å². The highest BCUT2D eigenvalue weighted by Gasteiger charge is 2.06. The third-order valence-electron chi connectivity index (χ3n) is 3.74. The van der Waals surface area contributed by atoms with Crippen molar-refractivity contribution in [3.8, 4) is 0 Å². The van der Waals surface area contributed by atoms with E-state index in [2.05, 4.69) is 39.2 Å². The smallest absolute Gasteiger partial charge is 0.229 e. The van der Waals surface area contributed by atoms with E-state index in [-0.39, 0.29) is 0 Å². The lowest BCUT2D eigenvalue weighted by atomic mass is 10.2. The summed E-state index contributed by atoms with van der Waals surface area (Å²) in [5, 5.41) is 0. The minimum absolute atomic E-state index is 0.591. The molecule has 0 bridgehead atoms. The van der Waals surface area contributed by atoms with Crippen LogP contribution in [-0.4, -0.2) is 16.3 Å². The van der Waals surface area contributed by atoms with Gasteiger partial charge in [0.05, 0.1) is 11.0 Å². The van der Waals surface area contributed by atoms with Crippen LogP contribution in [0.2, 0.25) is 0 Å². The van der Waals surface area contributed by atoms with E-state index in [0.29, 0.717) is 5.95 Å².